The van der Waals surface area contributed by atoms with E-state index < -0.39 is 0 Å². The molecule has 0 atom stereocenters. The molecule has 0 radical (unpaired) electrons. The fraction of sp³-hybridized carbons (Fsp3) is 0.357. The van der Waals surface area contributed by atoms with E-state index in [4.69, 9.17) is 4.52 Å². The zero-order chi connectivity index (χ0) is 13.8. The van der Waals surface area contributed by atoms with Gasteiger partial charge in [-0.1, -0.05) is 5.16 Å². The maximum Gasteiger partial charge on any atom is 0.273 e. The molecule has 0 aromatic carbocycles. The molecule has 3 rings (SSSR count). The molecule has 0 unspecified atom stereocenters. The maximum atomic E-state index is 12.1. The van der Waals surface area contributed by atoms with Crippen LogP contribution in [0.4, 0.5) is 0 Å². The molecule has 2 aromatic heterocycles. The van der Waals surface area contributed by atoms with Crippen LogP contribution in [0.3, 0.4) is 0 Å². The highest BCUT2D eigenvalue weighted by Crippen LogP contribution is 2.19. The van der Waals surface area contributed by atoms with Gasteiger partial charge in [0.1, 0.15) is 0 Å². The van der Waals surface area contributed by atoms with Crippen LogP contribution in [0.1, 0.15) is 23.3 Å². The van der Waals surface area contributed by atoms with Gasteiger partial charge in [-0.2, -0.15) is 0 Å². The van der Waals surface area contributed by atoms with E-state index in [0.29, 0.717) is 11.5 Å². The number of aromatic nitrogens is 2. The second-order valence-corrected chi connectivity index (χ2v) is 4.82. The molecule has 2 N–H and O–H groups in total. The molecule has 120 valence electrons. The van der Waals surface area contributed by atoms with Crippen molar-refractivity contribution < 1.29 is 9.32 Å². The van der Waals surface area contributed by atoms with Crippen LogP contribution < -0.4 is 10.6 Å². The van der Waals surface area contributed by atoms with Gasteiger partial charge in [-0.15, -0.1) is 24.8 Å². The lowest BCUT2D eigenvalue weighted by Gasteiger charge is -2.23. The molecule has 3 heterocycles. The summed E-state index contributed by atoms with van der Waals surface area (Å²) < 4.78 is 5.20. The Bertz CT molecular complexity index is 586. The summed E-state index contributed by atoms with van der Waals surface area (Å²) in [5.41, 5.74) is 1.11. The fourth-order valence-corrected chi connectivity index (χ4v) is 2.25. The summed E-state index contributed by atoms with van der Waals surface area (Å²) in [6, 6.07) is 5.53. The van der Waals surface area contributed by atoms with Crippen molar-refractivity contribution in [2.24, 2.45) is 0 Å². The standard InChI is InChI=1S/C14H16N4O2.2ClH/c19-14(17-11-3-6-15-7-4-11)12-8-13(20-18-12)10-2-1-5-16-9-10;;/h1-2,5,8-9,11,15H,3-4,6-7H2,(H,17,19);2*1H. The predicted octanol–water partition coefficient (Wildman–Crippen LogP) is 2.06. The third-order valence-corrected chi connectivity index (χ3v) is 3.36. The molecule has 1 aliphatic heterocycles. The minimum Gasteiger partial charge on any atom is -0.355 e. The molecule has 0 spiro atoms. The van der Waals surface area contributed by atoms with E-state index >= 15 is 0 Å². The molecule has 1 fully saturated rings. The molecule has 6 nitrogen and oxygen atoms in total. The van der Waals surface area contributed by atoms with Gasteiger partial charge in [0, 0.05) is 30.1 Å². The average Bonchev–Trinajstić information content (AvgIpc) is 2.99. The van der Waals surface area contributed by atoms with E-state index in [0.717, 1.165) is 31.5 Å². The summed E-state index contributed by atoms with van der Waals surface area (Å²) in [5.74, 6) is 0.365. The smallest absolute Gasteiger partial charge is 0.273 e. The zero-order valence-electron chi connectivity index (χ0n) is 11.8. The van der Waals surface area contributed by atoms with E-state index in [9.17, 15) is 4.79 Å². The maximum absolute atomic E-state index is 12.1. The first-order valence-electron chi connectivity index (χ1n) is 6.71. The van der Waals surface area contributed by atoms with Gasteiger partial charge < -0.3 is 15.2 Å². The van der Waals surface area contributed by atoms with Crippen molar-refractivity contribution in [1.29, 1.82) is 0 Å². The van der Waals surface area contributed by atoms with Crippen LogP contribution in [-0.4, -0.2) is 35.2 Å². The van der Waals surface area contributed by atoms with Crippen LogP contribution in [0.2, 0.25) is 0 Å². The Kier molecular flexibility index (Phi) is 7.31. The lowest BCUT2D eigenvalue weighted by Crippen LogP contribution is -2.42. The van der Waals surface area contributed by atoms with E-state index in [1.54, 1.807) is 18.5 Å². The van der Waals surface area contributed by atoms with E-state index in [1.165, 1.54) is 0 Å². The number of carbonyl (C=O) groups excluding carboxylic acids is 1. The molecule has 1 amide bonds. The van der Waals surface area contributed by atoms with Gasteiger partial charge in [0.15, 0.2) is 11.5 Å². The molecule has 0 saturated carbocycles. The quantitative estimate of drug-likeness (QED) is 0.890. The number of carbonyl (C=O) groups is 1. The molecule has 22 heavy (non-hydrogen) atoms. The SMILES string of the molecule is Cl.Cl.O=C(NC1CCNCC1)c1cc(-c2cccnc2)on1. The number of hydrogen-bond donors (Lipinski definition) is 2. The second-order valence-electron chi connectivity index (χ2n) is 4.82. The van der Waals surface area contributed by atoms with E-state index in [2.05, 4.69) is 20.8 Å². The number of nitrogens with one attached hydrogen (secondary N) is 2. The van der Waals surface area contributed by atoms with Crippen LogP contribution in [0.25, 0.3) is 11.3 Å². The van der Waals surface area contributed by atoms with Crippen molar-refractivity contribution in [3.8, 4) is 11.3 Å². The molecule has 1 saturated heterocycles. The van der Waals surface area contributed by atoms with Gasteiger partial charge in [-0.3, -0.25) is 9.78 Å². The Hall–Kier alpha value is -1.63. The lowest BCUT2D eigenvalue weighted by atomic mass is 10.1. The molecular formula is C14H18Cl2N4O2. The van der Waals surface area contributed by atoms with Gasteiger partial charge in [0.05, 0.1) is 0 Å². The highest BCUT2D eigenvalue weighted by atomic mass is 35.5. The van der Waals surface area contributed by atoms with Gasteiger partial charge >= 0.3 is 0 Å². The number of hydrogen-bond acceptors (Lipinski definition) is 5. The summed E-state index contributed by atoms with van der Waals surface area (Å²) in [6.45, 7) is 1.87. The van der Waals surface area contributed by atoms with Crippen LogP contribution in [0.15, 0.2) is 35.1 Å². The minimum atomic E-state index is -0.184. The molecule has 0 aliphatic carbocycles. The summed E-state index contributed by atoms with van der Waals surface area (Å²) in [4.78, 5) is 16.1. The average molecular weight is 345 g/mol. The van der Waals surface area contributed by atoms with Crippen molar-refractivity contribution in [1.82, 2.24) is 20.8 Å². The number of halogens is 2. The Labute approximate surface area is 140 Å². The van der Waals surface area contributed by atoms with Crippen molar-refractivity contribution in [2.75, 3.05) is 13.1 Å². The van der Waals surface area contributed by atoms with Gasteiger partial charge in [-0.25, -0.2) is 0 Å². The highest BCUT2D eigenvalue weighted by molar-refractivity contribution is 5.93. The molecule has 1 aliphatic rings. The molecule has 2 aromatic rings. The second kappa shape index (κ2) is 8.73. The van der Waals surface area contributed by atoms with Crippen molar-refractivity contribution in [3.05, 3.63) is 36.3 Å². The van der Waals surface area contributed by atoms with Crippen LogP contribution >= 0.6 is 24.8 Å². The third-order valence-electron chi connectivity index (χ3n) is 3.36. The first-order chi connectivity index (χ1) is 9.83. The summed E-state index contributed by atoms with van der Waals surface area (Å²) in [5, 5.41) is 10.1. The first-order valence-corrected chi connectivity index (χ1v) is 6.71. The Morgan fingerprint density at radius 3 is 2.77 bits per heavy atom. The Morgan fingerprint density at radius 1 is 1.32 bits per heavy atom. The first kappa shape index (κ1) is 18.4. The fourth-order valence-electron chi connectivity index (χ4n) is 2.25. The minimum absolute atomic E-state index is 0. The summed E-state index contributed by atoms with van der Waals surface area (Å²) in [7, 11) is 0. The van der Waals surface area contributed by atoms with Crippen LogP contribution in [-0.2, 0) is 0 Å². The van der Waals surface area contributed by atoms with Crippen molar-refractivity contribution in [2.45, 2.75) is 18.9 Å². The van der Waals surface area contributed by atoms with E-state index in [-0.39, 0.29) is 36.8 Å². The normalized spacial score (nSPS) is 14.5. The van der Waals surface area contributed by atoms with Crippen LogP contribution in [0, 0.1) is 0 Å². The zero-order valence-corrected chi connectivity index (χ0v) is 13.5. The third kappa shape index (κ3) is 4.43. The number of pyridine rings is 1. The van der Waals surface area contributed by atoms with Gasteiger partial charge in [-0.05, 0) is 38.1 Å². The van der Waals surface area contributed by atoms with Crippen molar-refractivity contribution >= 4 is 30.7 Å². The number of piperidine rings is 1. The monoisotopic (exact) mass is 344 g/mol. The summed E-state index contributed by atoms with van der Waals surface area (Å²) in [6.07, 6.45) is 5.25. The number of amides is 1. The lowest BCUT2D eigenvalue weighted by molar-refractivity contribution is 0.0920. The van der Waals surface area contributed by atoms with E-state index in [1.807, 2.05) is 12.1 Å². The molecule has 0 bridgehead atoms. The summed E-state index contributed by atoms with van der Waals surface area (Å²) >= 11 is 0. The number of rotatable bonds is 3. The predicted molar refractivity (Wildman–Crippen MR) is 87.6 cm³/mol. The molecule has 8 heteroatoms. The molecular weight excluding hydrogens is 327 g/mol. The highest BCUT2D eigenvalue weighted by Gasteiger charge is 2.19. The largest absolute Gasteiger partial charge is 0.355 e. The van der Waals surface area contributed by atoms with Crippen molar-refractivity contribution in [3.63, 3.8) is 0 Å². The topological polar surface area (TPSA) is 80.0 Å². The number of nitrogens with zero attached hydrogens (tertiary/aromatic N) is 2. The Morgan fingerprint density at radius 2 is 2.09 bits per heavy atom. The van der Waals surface area contributed by atoms with Gasteiger partial charge in [0.2, 0.25) is 0 Å². The Balaban J connectivity index is 0.00000121. The van der Waals surface area contributed by atoms with Gasteiger partial charge in [0.25, 0.3) is 5.91 Å². The van der Waals surface area contributed by atoms with Crippen LogP contribution in [0.5, 0.6) is 0 Å².